The number of rotatable bonds is 3. The van der Waals surface area contributed by atoms with Gasteiger partial charge in [-0.05, 0) is 47.9 Å². The van der Waals surface area contributed by atoms with Crippen molar-refractivity contribution in [2.24, 2.45) is 0 Å². The highest BCUT2D eigenvalue weighted by atomic mass is 32.2. The van der Waals surface area contributed by atoms with E-state index in [1.807, 2.05) is 43.3 Å². The Morgan fingerprint density at radius 2 is 1.70 bits per heavy atom. The van der Waals surface area contributed by atoms with Crippen LogP contribution in [0.3, 0.4) is 0 Å². The molecule has 0 aromatic heterocycles. The maximum absolute atomic E-state index is 13.7. The third-order valence-electron chi connectivity index (χ3n) is 5.63. The van der Waals surface area contributed by atoms with Gasteiger partial charge in [0, 0.05) is 17.7 Å². The van der Waals surface area contributed by atoms with Crippen molar-refractivity contribution in [1.29, 1.82) is 0 Å². The summed E-state index contributed by atoms with van der Waals surface area (Å²) in [5.74, 6) is 0.818. The zero-order valence-electron chi connectivity index (χ0n) is 15.2. The molecular weight excluding hydrogens is 374 g/mol. The van der Waals surface area contributed by atoms with E-state index in [0.717, 1.165) is 34.9 Å². The summed E-state index contributed by atoms with van der Waals surface area (Å²) in [6.07, 6.45) is 2.00. The van der Waals surface area contributed by atoms with Crippen molar-refractivity contribution in [3.8, 4) is 0 Å². The summed E-state index contributed by atoms with van der Waals surface area (Å²) in [5, 5.41) is 1.87. The maximum atomic E-state index is 13.7. The molecule has 1 heterocycles. The van der Waals surface area contributed by atoms with Gasteiger partial charge in [0.1, 0.15) is 0 Å². The molecule has 3 nitrogen and oxygen atoms in total. The lowest BCUT2D eigenvalue weighted by atomic mass is 10.1. The van der Waals surface area contributed by atoms with Gasteiger partial charge in [0.05, 0.1) is 10.3 Å². The van der Waals surface area contributed by atoms with Crippen molar-refractivity contribution in [1.82, 2.24) is 4.31 Å². The van der Waals surface area contributed by atoms with E-state index in [-0.39, 0.29) is 5.37 Å². The molecule has 0 amide bonds. The summed E-state index contributed by atoms with van der Waals surface area (Å²) >= 11 is 1.70. The molecule has 0 saturated carbocycles. The minimum atomic E-state index is -3.57. The summed E-state index contributed by atoms with van der Waals surface area (Å²) in [5.41, 5.74) is 4.78. The van der Waals surface area contributed by atoms with Gasteiger partial charge in [-0.3, -0.25) is 0 Å². The van der Waals surface area contributed by atoms with Crippen molar-refractivity contribution in [3.63, 3.8) is 0 Å². The van der Waals surface area contributed by atoms with Gasteiger partial charge in [-0.25, -0.2) is 8.42 Å². The number of aryl methyl sites for hydroxylation is 3. The van der Waals surface area contributed by atoms with Crippen molar-refractivity contribution >= 4 is 32.6 Å². The number of thioether (sulfide) groups is 1. The number of nitrogens with zero attached hydrogens (tertiary/aromatic N) is 1. The molecular formula is C22H21NO2S2. The smallest absolute Gasteiger partial charge is 0.207 e. The summed E-state index contributed by atoms with van der Waals surface area (Å²) in [4.78, 5) is 0.449. The van der Waals surface area contributed by atoms with Crippen molar-refractivity contribution in [3.05, 3.63) is 76.9 Å². The summed E-state index contributed by atoms with van der Waals surface area (Å²) in [6, 6.07) is 18.1. The fourth-order valence-corrected chi connectivity index (χ4v) is 7.70. The number of benzene rings is 3. The molecule has 1 atom stereocenters. The molecule has 0 spiro atoms. The first-order valence-corrected chi connectivity index (χ1v) is 11.8. The Kier molecular flexibility index (Phi) is 4.08. The first-order chi connectivity index (χ1) is 13.1. The van der Waals surface area contributed by atoms with E-state index in [4.69, 9.17) is 0 Å². The lowest BCUT2D eigenvalue weighted by molar-refractivity contribution is 0.435. The molecule has 5 heteroatoms. The first kappa shape index (κ1) is 17.3. The molecule has 1 aliphatic carbocycles. The van der Waals surface area contributed by atoms with Crippen LogP contribution in [0.2, 0.25) is 0 Å². The number of hydrogen-bond donors (Lipinski definition) is 0. The second kappa shape index (κ2) is 6.36. The SMILES string of the molecule is Cc1ccc([C@H]2SCCN2S(=O)(=O)c2ccc3c4c(cccc24)CC3)cc1. The van der Waals surface area contributed by atoms with Gasteiger partial charge in [-0.2, -0.15) is 4.31 Å². The predicted molar refractivity (Wildman–Crippen MR) is 112 cm³/mol. The van der Waals surface area contributed by atoms with E-state index in [2.05, 4.69) is 18.2 Å². The Balaban J connectivity index is 1.63. The van der Waals surface area contributed by atoms with E-state index >= 15 is 0 Å². The second-order valence-corrected chi connectivity index (χ2v) is 10.4. The first-order valence-electron chi connectivity index (χ1n) is 9.29. The predicted octanol–water partition coefficient (Wildman–Crippen LogP) is 4.68. The molecule has 27 heavy (non-hydrogen) atoms. The third kappa shape index (κ3) is 2.72. The van der Waals surface area contributed by atoms with E-state index in [1.54, 1.807) is 16.1 Å². The van der Waals surface area contributed by atoms with Crippen LogP contribution in [0.4, 0.5) is 0 Å². The van der Waals surface area contributed by atoms with Crippen LogP contribution in [0.15, 0.2) is 59.5 Å². The Morgan fingerprint density at radius 1 is 0.963 bits per heavy atom. The quantitative estimate of drug-likeness (QED) is 0.646. The van der Waals surface area contributed by atoms with Gasteiger partial charge >= 0.3 is 0 Å². The maximum Gasteiger partial charge on any atom is 0.245 e. The topological polar surface area (TPSA) is 37.4 Å². The molecule has 0 unspecified atom stereocenters. The standard InChI is InChI=1S/C22H21NO2S2/c1-15-5-7-18(8-6-15)22-23(13-14-26-22)27(24,25)20-12-11-17-10-9-16-3-2-4-19(20)21(16)17/h2-8,11-12,22H,9-10,13-14H2,1H3/t22-/m1/s1. The van der Waals surface area contributed by atoms with Crippen molar-refractivity contribution in [2.45, 2.75) is 30.0 Å². The minimum absolute atomic E-state index is 0.154. The second-order valence-electron chi connectivity index (χ2n) is 7.31. The molecule has 3 aromatic rings. The highest BCUT2D eigenvalue weighted by Crippen LogP contribution is 2.43. The third-order valence-corrected chi connectivity index (χ3v) is 8.95. The van der Waals surface area contributed by atoms with Gasteiger partial charge in [-0.15, -0.1) is 11.8 Å². The zero-order chi connectivity index (χ0) is 18.6. The van der Waals surface area contributed by atoms with Crippen LogP contribution in [-0.2, 0) is 22.9 Å². The van der Waals surface area contributed by atoms with E-state index in [9.17, 15) is 8.42 Å². The molecule has 0 bridgehead atoms. The van der Waals surface area contributed by atoms with Crippen molar-refractivity contribution in [2.75, 3.05) is 12.3 Å². The molecule has 1 fully saturated rings. The molecule has 1 aliphatic heterocycles. The van der Waals surface area contributed by atoms with Crippen LogP contribution in [0, 0.1) is 6.92 Å². The fourth-order valence-electron chi connectivity index (χ4n) is 4.27. The number of hydrogen-bond acceptors (Lipinski definition) is 3. The largest absolute Gasteiger partial charge is 0.245 e. The van der Waals surface area contributed by atoms with E-state index < -0.39 is 10.0 Å². The van der Waals surface area contributed by atoms with Crippen molar-refractivity contribution < 1.29 is 8.42 Å². The normalized spacial score (nSPS) is 19.8. The van der Waals surface area contributed by atoms with Crippen LogP contribution in [-0.4, -0.2) is 25.0 Å². The van der Waals surface area contributed by atoms with Gasteiger partial charge in [0.2, 0.25) is 10.0 Å². The molecule has 3 aromatic carbocycles. The van der Waals surface area contributed by atoms with E-state index in [0.29, 0.717) is 11.4 Å². The summed E-state index contributed by atoms with van der Waals surface area (Å²) in [7, 11) is -3.57. The summed E-state index contributed by atoms with van der Waals surface area (Å²) in [6.45, 7) is 2.60. The van der Waals surface area contributed by atoms with Gasteiger partial charge in [-0.1, -0.05) is 54.1 Å². The molecule has 0 radical (unpaired) electrons. The Labute approximate surface area is 164 Å². The fraction of sp³-hybridized carbons (Fsp3) is 0.273. The average molecular weight is 396 g/mol. The minimum Gasteiger partial charge on any atom is -0.207 e. The zero-order valence-corrected chi connectivity index (χ0v) is 16.8. The van der Waals surface area contributed by atoms with Crippen LogP contribution < -0.4 is 0 Å². The van der Waals surface area contributed by atoms with Gasteiger partial charge in [0.25, 0.3) is 0 Å². The number of sulfonamides is 1. The Morgan fingerprint density at radius 3 is 2.48 bits per heavy atom. The Bertz CT molecular complexity index is 1130. The van der Waals surface area contributed by atoms with Crippen LogP contribution in [0.5, 0.6) is 0 Å². The average Bonchev–Trinajstić information content (AvgIpc) is 3.32. The highest BCUT2D eigenvalue weighted by Gasteiger charge is 2.38. The summed E-state index contributed by atoms with van der Waals surface area (Å²) < 4.78 is 29.0. The van der Waals surface area contributed by atoms with Crippen LogP contribution >= 0.6 is 11.8 Å². The lowest BCUT2D eigenvalue weighted by Crippen LogP contribution is -2.30. The van der Waals surface area contributed by atoms with Crippen LogP contribution in [0.1, 0.15) is 27.6 Å². The lowest BCUT2D eigenvalue weighted by Gasteiger charge is -2.24. The van der Waals surface area contributed by atoms with E-state index in [1.165, 1.54) is 16.7 Å². The highest BCUT2D eigenvalue weighted by molar-refractivity contribution is 8.01. The molecule has 1 saturated heterocycles. The molecule has 138 valence electrons. The van der Waals surface area contributed by atoms with Crippen LogP contribution in [0.25, 0.3) is 10.8 Å². The van der Waals surface area contributed by atoms with Gasteiger partial charge in [0.15, 0.2) is 0 Å². The molecule has 5 rings (SSSR count). The molecule has 2 aliphatic rings. The Hall–Kier alpha value is -1.82. The monoisotopic (exact) mass is 395 g/mol. The molecule has 0 N–H and O–H groups in total. The van der Waals surface area contributed by atoms with Gasteiger partial charge < -0.3 is 0 Å².